The Labute approximate surface area is 204 Å². The van der Waals surface area contributed by atoms with Crippen LogP contribution in [0.15, 0.2) is 30.3 Å². The van der Waals surface area contributed by atoms with Gasteiger partial charge in [-0.25, -0.2) is 4.98 Å². The molecule has 1 saturated heterocycles. The average Bonchev–Trinajstić information content (AvgIpc) is 3.37. The summed E-state index contributed by atoms with van der Waals surface area (Å²) in [5, 5.41) is 13.9. The minimum absolute atomic E-state index is 0.0337. The van der Waals surface area contributed by atoms with Crippen LogP contribution in [-0.2, 0) is 23.9 Å². The fourth-order valence-electron chi connectivity index (χ4n) is 5.17. The quantitative estimate of drug-likeness (QED) is 0.458. The van der Waals surface area contributed by atoms with Gasteiger partial charge in [-0.3, -0.25) is 4.79 Å². The Bertz CT molecular complexity index is 1430. The first-order valence-electron chi connectivity index (χ1n) is 12.2. The molecule has 0 bridgehead atoms. The second-order valence-electron chi connectivity index (χ2n) is 9.43. The topological polar surface area (TPSA) is 93.2 Å². The number of nitrogens with zero attached hydrogens (tertiary/aromatic N) is 7. The lowest BCUT2D eigenvalue weighted by atomic mass is 9.96. The van der Waals surface area contributed by atoms with Crippen molar-refractivity contribution in [1.29, 1.82) is 0 Å². The lowest BCUT2D eigenvalue weighted by Crippen LogP contribution is -2.38. The van der Waals surface area contributed by atoms with Crippen molar-refractivity contribution in [2.24, 2.45) is 5.92 Å². The molecule has 0 aliphatic carbocycles. The number of aromatic nitrogens is 6. The van der Waals surface area contributed by atoms with Gasteiger partial charge in [0.05, 0.1) is 11.0 Å². The molecule has 9 nitrogen and oxygen atoms in total. The summed E-state index contributed by atoms with van der Waals surface area (Å²) in [5.74, 6) is 0.103. The number of rotatable bonds is 3. The Kier molecular flexibility index (Phi) is 5.53. The van der Waals surface area contributed by atoms with E-state index in [2.05, 4.69) is 25.2 Å². The molecule has 2 aliphatic heterocycles. The van der Waals surface area contributed by atoms with E-state index < -0.39 is 12.0 Å². The van der Waals surface area contributed by atoms with Gasteiger partial charge >= 0.3 is 6.18 Å². The van der Waals surface area contributed by atoms with Crippen molar-refractivity contribution in [2.45, 2.75) is 51.2 Å². The minimum atomic E-state index is -4.64. The van der Waals surface area contributed by atoms with Crippen LogP contribution >= 0.6 is 0 Å². The molecule has 0 unspecified atom stereocenters. The Hall–Kier alpha value is -3.70. The van der Waals surface area contributed by atoms with Gasteiger partial charge in [0.25, 0.3) is 5.82 Å². The molecule has 0 atom stereocenters. The number of nitrogens with one attached hydrogen (secondary N) is 1. The van der Waals surface area contributed by atoms with Crippen molar-refractivity contribution in [1.82, 2.24) is 29.4 Å². The standard InChI is InChI=1S/C24H25F3N8O/c25-24(26,27)23-31-30-20-7-8-21(32-35(20)23)33-12-9-15(10-13-33)22(36)28-16-5-6-18-17(14-16)29-19-4-2-1-3-11-34(18)19/h5-8,14-15H,1-4,9-13H2,(H,28,36). The second-order valence-corrected chi connectivity index (χ2v) is 9.43. The molecule has 5 heterocycles. The van der Waals surface area contributed by atoms with Gasteiger partial charge in [-0.15, -0.1) is 15.3 Å². The number of piperidine rings is 1. The average molecular weight is 499 g/mol. The van der Waals surface area contributed by atoms with Crippen molar-refractivity contribution in [3.05, 3.63) is 42.0 Å². The number of imidazole rings is 1. The Balaban J connectivity index is 1.12. The van der Waals surface area contributed by atoms with Gasteiger partial charge in [0.15, 0.2) is 5.65 Å². The number of hydrogen-bond acceptors (Lipinski definition) is 6. The molecule has 2 aliphatic rings. The highest BCUT2D eigenvalue weighted by molar-refractivity contribution is 5.94. The molecule has 1 aromatic carbocycles. The number of carbonyl (C=O) groups is 1. The van der Waals surface area contributed by atoms with Gasteiger partial charge in [0.2, 0.25) is 5.91 Å². The number of carbonyl (C=O) groups excluding carboxylic acids is 1. The third kappa shape index (κ3) is 4.14. The van der Waals surface area contributed by atoms with Crippen molar-refractivity contribution in [3.63, 3.8) is 0 Å². The molecule has 4 aromatic rings. The molecule has 3 aromatic heterocycles. The Morgan fingerprint density at radius 2 is 1.83 bits per heavy atom. The molecule has 1 N–H and O–H groups in total. The Morgan fingerprint density at radius 3 is 2.64 bits per heavy atom. The number of hydrogen-bond donors (Lipinski definition) is 1. The van der Waals surface area contributed by atoms with Crippen LogP contribution < -0.4 is 10.2 Å². The maximum Gasteiger partial charge on any atom is 0.453 e. The molecule has 6 rings (SSSR count). The zero-order valence-electron chi connectivity index (χ0n) is 19.5. The summed E-state index contributed by atoms with van der Waals surface area (Å²) < 4.78 is 42.5. The number of amides is 1. The zero-order valence-corrected chi connectivity index (χ0v) is 19.5. The lowest BCUT2D eigenvalue weighted by molar-refractivity contribution is -0.146. The van der Waals surface area contributed by atoms with Crippen LogP contribution in [0.1, 0.15) is 43.8 Å². The van der Waals surface area contributed by atoms with E-state index in [-0.39, 0.29) is 17.5 Å². The molecular formula is C24H25F3N8O. The highest BCUT2D eigenvalue weighted by Gasteiger charge is 2.38. The first-order chi connectivity index (χ1) is 17.4. The van der Waals surface area contributed by atoms with E-state index in [9.17, 15) is 18.0 Å². The number of benzene rings is 1. The SMILES string of the molecule is O=C(Nc1ccc2c(c1)nc1n2CCCCC1)C1CCN(c2ccc3nnc(C(F)(F)F)n3n2)CC1. The summed E-state index contributed by atoms with van der Waals surface area (Å²) in [7, 11) is 0. The largest absolute Gasteiger partial charge is 0.453 e. The molecule has 0 spiro atoms. The van der Waals surface area contributed by atoms with Crippen molar-refractivity contribution >= 4 is 34.1 Å². The van der Waals surface area contributed by atoms with Gasteiger partial charge in [-0.2, -0.15) is 17.7 Å². The molecule has 1 amide bonds. The summed E-state index contributed by atoms with van der Waals surface area (Å²) in [5.41, 5.74) is 2.76. The van der Waals surface area contributed by atoms with Gasteiger partial charge in [-0.05, 0) is 56.0 Å². The van der Waals surface area contributed by atoms with Crippen LogP contribution in [0.2, 0.25) is 0 Å². The highest BCUT2D eigenvalue weighted by Crippen LogP contribution is 2.29. The van der Waals surface area contributed by atoms with Crippen molar-refractivity contribution < 1.29 is 18.0 Å². The van der Waals surface area contributed by atoms with Crippen LogP contribution in [-0.4, -0.2) is 48.4 Å². The summed E-state index contributed by atoms with van der Waals surface area (Å²) >= 11 is 0. The number of halogens is 3. The summed E-state index contributed by atoms with van der Waals surface area (Å²) in [6.45, 7) is 1.99. The summed E-state index contributed by atoms with van der Waals surface area (Å²) in [6, 6.07) is 8.98. The Morgan fingerprint density at radius 1 is 1.00 bits per heavy atom. The predicted molar refractivity (Wildman–Crippen MR) is 127 cm³/mol. The third-order valence-corrected chi connectivity index (χ3v) is 7.07. The maximum atomic E-state index is 13.2. The molecule has 1 fully saturated rings. The van der Waals surface area contributed by atoms with E-state index in [0.717, 1.165) is 52.9 Å². The fourth-order valence-corrected chi connectivity index (χ4v) is 5.17. The second kappa shape index (κ2) is 8.75. The van der Waals surface area contributed by atoms with Gasteiger partial charge in [-0.1, -0.05) is 6.42 Å². The van der Waals surface area contributed by atoms with Crippen LogP contribution in [0.4, 0.5) is 24.7 Å². The highest BCUT2D eigenvalue weighted by atomic mass is 19.4. The van der Waals surface area contributed by atoms with Gasteiger partial charge in [0.1, 0.15) is 11.6 Å². The minimum Gasteiger partial charge on any atom is -0.355 e. The molecule has 0 saturated carbocycles. The molecule has 188 valence electrons. The van der Waals surface area contributed by atoms with E-state index in [1.807, 2.05) is 23.1 Å². The number of alkyl halides is 3. The lowest BCUT2D eigenvalue weighted by Gasteiger charge is -2.32. The van der Waals surface area contributed by atoms with E-state index in [4.69, 9.17) is 4.98 Å². The van der Waals surface area contributed by atoms with Gasteiger partial charge in [0, 0.05) is 37.7 Å². The van der Waals surface area contributed by atoms with E-state index in [0.29, 0.717) is 31.7 Å². The van der Waals surface area contributed by atoms with Crippen molar-refractivity contribution in [2.75, 3.05) is 23.3 Å². The predicted octanol–water partition coefficient (Wildman–Crippen LogP) is 4.07. The number of fused-ring (bicyclic) bond motifs is 4. The van der Waals surface area contributed by atoms with Crippen LogP contribution in [0.5, 0.6) is 0 Å². The van der Waals surface area contributed by atoms with Crippen molar-refractivity contribution in [3.8, 4) is 0 Å². The first kappa shape index (κ1) is 22.7. The van der Waals surface area contributed by atoms with Gasteiger partial charge < -0.3 is 14.8 Å². The fraction of sp³-hybridized carbons (Fsp3) is 0.458. The van der Waals surface area contributed by atoms with Crippen LogP contribution in [0.3, 0.4) is 0 Å². The molecule has 36 heavy (non-hydrogen) atoms. The molecule has 0 radical (unpaired) electrons. The number of aryl methyl sites for hydroxylation is 2. The normalized spacial score (nSPS) is 17.4. The van der Waals surface area contributed by atoms with Crippen LogP contribution in [0, 0.1) is 5.92 Å². The summed E-state index contributed by atoms with van der Waals surface area (Å²) in [6.07, 6.45) is 0.999. The third-order valence-electron chi connectivity index (χ3n) is 7.07. The zero-order chi connectivity index (χ0) is 24.9. The summed E-state index contributed by atoms with van der Waals surface area (Å²) in [4.78, 5) is 19.6. The number of anilines is 2. The van der Waals surface area contributed by atoms with E-state index >= 15 is 0 Å². The maximum absolute atomic E-state index is 13.2. The van der Waals surface area contributed by atoms with E-state index in [1.54, 1.807) is 6.07 Å². The van der Waals surface area contributed by atoms with E-state index in [1.165, 1.54) is 12.5 Å². The molecular weight excluding hydrogens is 473 g/mol. The monoisotopic (exact) mass is 498 g/mol. The molecule has 12 heteroatoms. The smallest absolute Gasteiger partial charge is 0.355 e. The first-order valence-corrected chi connectivity index (χ1v) is 12.2. The van der Waals surface area contributed by atoms with Crippen LogP contribution in [0.25, 0.3) is 16.7 Å².